The number of benzene rings is 1. The van der Waals surface area contributed by atoms with Gasteiger partial charge in [-0.3, -0.25) is 4.79 Å². The predicted octanol–water partition coefficient (Wildman–Crippen LogP) is 2.86. The van der Waals surface area contributed by atoms with Gasteiger partial charge in [-0.2, -0.15) is 0 Å². The summed E-state index contributed by atoms with van der Waals surface area (Å²) in [7, 11) is 1.67. The maximum absolute atomic E-state index is 12.4. The van der Waals surface area contributed by atoms with E-state index in [-0.39, 0.29) is 11.2 Å². The van der Waals surface area contributed by atoms with Crippen LogP contribution in [0.5, 0.6) is 0 Å². The van der Waals surface area contributed by atoms with Gasteiger partial charge >= 0.3 is 0 Å². The number of methoxy groups -OCH3 is 1. The zero-order chi connectivity index (χ0) is 11.6. The lowest BCUT2D eigenvalue weighted by Crippen LogP contribution is -2.33. The van der Waals surface area contributed by atoms with Crippen molar-refractivity contribution in [2.75, 3.05) is 13.7 Å². The monoisotopic (exact) mass is 218 g/mol. The van der Waals surface area contributed by atoms with Crippen molar-refractivity contribution in [1.29, 1.82) is 0 Å². The summed E-state index contributed by atoms with van der Waals surface area (Å²) < 4.78 is 5.26. The number of hydrogen-bond acceptors (Lipinski definition) is 2. The fraction of sp³-hybridized carbons (Fsp3) is 0.500. The van der Waals surface area contributed by atoms with E-state index in [9.17, 15) is 4.79 Å². The third-order valence-corrected chi connectivity index (χ3v) is 3.42. The molecule has 2 rings (SSSR count). The maximum Gasteiger partial charge on any atom is 0.171 e. The molecule has 1 aliphatic rings. The molecule has 0 saturated carbocycles. The van der Waals surface area contributed by atoms with Gasteiger partial charge in [-0.05, 0) is 18.4 Å². The summed E-state index contributed by atoms with van der Waals surface area (Å²) >= 11 is 0. The number of hydrogen-bond donors (Lipinski definition) is 0. The summed E-state index contributed by atoms with van der Waals surface area (Å²) in [5.41, 5.74) is 1.78. The Hall–Kier alpha value is -1.15. The lowest BCUT2D eigenvalue weighted by Gasteiger charge is -2.25. The minimum absolute atomic E-state index is 0.270. The second kappa shape index (κ2) is 4.38. The van der Waals surface area contributed by atoms with Crippen LogP contribution in [0.15, 0.2) is 24.3 Å². The number of Topliss-reactive ketones (excluding diaryl/α,β-unsaturated/α-hetero) is 1. The molecule has 0 fully saturated rings. The van der Waals surface area contributed by atoms with Crippen LogP contribution in [0, 0.1) is 5.41 Å². The second-order valence-electron chi connectivity index (χ2n) is 4.63. The van der Waals surface area contributed by atoms with E-state index in [4.69, 9.17) is 4.74 Å². The number of fused-ring (bicyclic) bond motifs is 1. The van der Waals surface area contributed by atoms with E-state index in [0.29, 0.717) is 6.61 Å². The van der Waals surface area contributed by atoms with Crippen LogP contribution in [0.3, 0.4) is 0 Å². The van der Waals surface area contributed by atoms with Crippen LogP contribution in [0.4, 0.5) is 0 Å². The minimum Gasteiger partial charge on any atom is -0.384 e. The molecule has 0 N–H and O–H groups in total. The molecule has 0 heterocycles. The minimum atomic E-state index is -0.298. The molecular formula is C14H18O2. The van der Waals surface area contributed by atoms with Crippen LogP contribution in [0.25, 0.3) is 0 Å². The molecule has 1 aliphatic carbocycles. The van der Waals surface area contributed by atoms with Gasteiger partial charge in [0.1, 0.15) is 0 Å². The Labute approximate surface area is 96.6 Å². The molecule has 0 amide bonds. The summed E-state index contributed by atoms with van der Waals surface area (Å²) in [6.07, 6.45) is 2.77. The SMILES string of the molecule is CCC[C@]1(COC)Cc2ccccc2C1=O. The molecule has 0 aliphatic heterocycles. The smallest absolute Gasteiger partial charge is 0.171 e. The topological polar surface area (TPSA) is 26.3 Å². The predicted molar refractivity (Wildman–Crippen MR) is 63.7 cm³/mol. The van der Waals surface area contributed by atoms with E-state index in [1.807, 2.05) is 18.2 Å². The van der Waals surface area contributed by atoms with Crippen LogP contribution >= 0.6 is 0 Å². The van der Waals surface area contributed by atoms with Gasteiger partial charge < -0.3 is 4.74 Å². The van der Waals surface area contributed by atoms with Crippen molar-refractivity contribution in [2.24, 2.45) is 5.41 Å². The third-order valence-electron chi connectivity index (χ3n) is 3.42. The largest absolute Gasteiger partial charge is 0.384 e. The first-order valence-corrected chi connectivity index (χ1v) is 5.85. The van der Waals surface area contributed by atoms with Crippen LogP contribution < -0.4 is 0 Å². The van der Waals surface area contributed by atoms with Crippen LogP contribution in [0.1, 0.15) is 35.7 Å². The molecule has 0 bridgehead atoms. The maximum atomic E-state index is 12.4. The van der Waals surface area contributed by atoms with Gasteiger partial charge in [0.2, 0.25) is 0 Å². The van der Waals surface area contributed by atoms with Crippen LogP contribution in [-0.4, -0.2) is 19.5 Å². The van der Waals surface area contributed by atoms with Crippen molar-refractivity contribution >= 4 is 5.78 Å². The molecule has 2 heteroatoms. The Morgan fingerprint density at radius 1 is 1.38 bits per heavy atom. The van der Waals surface area contributed by atoms with Gasteiger partial charge in [-0.1, -0.05) is 37.6 Å². The highest BCUT2D eigenvalue weighted by Gasteiger charge is 2.44. The molecule has 0 spiro atoms. The third kappa shape index (κ3) is 1.67. The first-order valence-electron chi connectivity index (χ1n) is 5.85. The summed E-state index contributed by atoms with van der Waals surface area (Å²) in [5, 5.41) is 0. The van der Waals surface area contributed by atoms with Crippen molar-refractivity contribution < 1.29 is 9.53 Å². The number of rotatable bonds is 4. The Balaban J connectivity index is 2.36. The van der Waals surface area contributed by atoms with Crippen molar-refractivity contribution in [2.45, 2.75) is 26.2 Å². The van der Waals surface area contributed by atoms with Gasteiger partial charge in [0.25, 0.3) is 0 Å². The van der Waals surface area contributed by atoms with Crippen molar-refractivity contribution in [1.82, 2.24) is 0 Å². The zero-order valence-corrected chi connectivity index (χ0v) is 9.95. The Bertz CT molecular complexity index is 389. The average Bonchev–Trinajstić information content (AvgIpc) is 2.54. The van der Waals surface area contributed by atoms with Crippen molar-refractivity contribution in [3.63, 3.8) is 0 Å². The zero-order valence-electron chi connectivity index (χ0n) is 9.95. The molecule has 0 aromatic heterocycles. The molecule has 1 aromatic rings. The standard InChI is InChI=1S/C14H18O2/c1-3-8-14(10-16-2)9-11-6-4-5-7-12(11)13(14)15/h4-7H,3,8-10H2,1-2H3/t14-/m1/s1. The Morgan fingerprint density at radius 3 is 2.75 bits per heavy atom. The fourth-order valence-corrected chi connectivity index (χ4v) is 2.77. The Kier molecular flexibility index (Phi) is 3.10. The van der Waals surface area contributed by atoms with E-state index < -0.39 is 0 Å². The molecule has 0 saturated heterocycles. The number of ketones is 1. The van der Waals surface area contributed by atoms with Crippen molar-refractivity contribution in [3.8, 4) is 0 Å². The number of carbonyl (C=O) groups excluding carboxylic acids is 1. The highest BCUT2D eigenvalue weighted by molar-refractivity contribution is 6.05. The highest BCUT2D eigenvalue weighted by atomic mass is 16.5. The molecule has 0 radical (unpaired) electrons. The van der Waals surface area contributed by atoms with E-state index >= 15 is 0 Å². The van der Waals surface area contributed by atoms with Crippen LogP contribution in [0.2, 0.25) is 0 Å². The van der Waals surface area contributed by atoms with Crippen LogP contribution in [-0.2, 0) is 11.2 Å². The average molecular weight is 218 g/mol. The second-order valence-corrected chi connectivity index (χ2v) is 4.63. The van der Waals surface area contributed by atoms with Gasteiger partial charge in [0, 0.05) is 12.7 Å². The van der Waals surface area contributed by atoms with E-state index in [2.05, 4.69) is 13.0 Å². The normalized spacial score (nSPS) is 23.5. The van der Waals surface area contributed by atoms with Crippen molar-refractivity contribution in [3.05, 3.63) is 35.4 Å². The summed E-state index contributed by atoms with van der Waals surface area (Å²) in [4.78, 5) is 12.4. The Morgan fingerprint density at radius 2 is 2.12 bits per heavy atom. The number of carbonyl (C=O) groups is 1. The number of ether oxygens (including phenoxy) is 1. The summed E-state index contributed by atoms with van der Waals surface area (Å²) in [5.74, 6) is 0.270. The summed E-state index contributed by atoms with van der Waals surface area (Å²) in [6.45, 7) is 2.65. The molecule has 1 atom stereocenters. The van der Waals surface area contributed by atoms with Gasteiger partial charge in [0.05, 0.1) is 12.0 Å². The van der Waals surface area contributed by atoms with E-state index in [0.717, 1.165) is 24.8 Å². The first-order chi connectivity index (χ1) is 7.73. The highest BCUT2D eigenvalue weighted by Crippen LogP contribution is 2.40. The molecule has 86 valence electrons. The van der Waals surface area contributed by atoms with Gasteiger partial charge in [-0.25, -0.2) is 0 Å². The van der Waals surface area contributed by atoms with E-state index in [1.54, 1.807) is 7.11 Å². The van der Waals surface area contributed by atoms with Gasteiger partial charge in [-0.15, -0.1) is 0 Å². The molecular weight excluding hydrogens is 200 g/mol. The first kappa shape index (κ1) is 11.3. The lowest BCUT2D eigenvalue weighted by molar-refractivity contribution is 0.0532. The fourth-order valence-electron chi connectivity index (χ4n) is 2.77. The molecule has 0 unspecified atom stereocenters. The molecule has 16 heavy (non-hydrogen) atoms. The lowest BCUT2D eigenvalue weighted by atomic mass is 9.80. The van der Waals surface area contributed by atoms with Gasteiger partial charge in [0.15, 0.2) is 5.78 Å². The molecule has 2 nitrogen and oxygen atoms in total. The van der Waals surface area contributed by atoms with E-state index in [1.165, 1.54) is 5.56 Å². The summed E-state index contributed by atoms with van der Waals surface area (Å²) in [6, 6.07) is 7.93. The quantitative estimate of drug-likeness (QED) is 0.776. The molecule has 1 aromatic carbocycles.